The SMILES string of the molecule is O=C(CS(=O)CCO)Nc1ccc(F)cc1. The lowest BCUT2D eigenvalue weighted by molar-refractivity contribution is -0.113. The van der Waals surface area contributed by atoms with Crippen LogP contribution in [0, 0.1) is 5.82 Å². The summed E-state index contributed by atoms with van der Waals surface area (Å²) in [7, 11) is -1.36. The van der Waals surface area contributed by atoms with Crippen LogP contribution in [0.15, 0.2) is 24.3 Å². The Kier molecular flexibility index (Phi) is 5.07. The van der Waals surface area contributed by atoms with Gasteiger partial charge in [0.25, 0.3) is 0 Å². The van der Waals surface area contributed by atoms with Gasteiger partial charge in [0.15, 0.2) is 0 Å². The van der Waals surface area contributed by atoms with E-state index in [0.29, 0.717) is 5.69 Å². The Morgan fingerprint density at radius 3 is 2.56 bits per heavy atom. The number of amides is 1. The Bertz CT molecular complexity index is 380. The number of carbonyl (C=O) groups excluding carboxylic acids is 1. The Morgan fingerprint density at radius 2 is 2.00 bits per heavy atom. The van der Waals surface area contributed by atoms with Crippen LogP contribution in [0.1, 0.15) is 0 Å². The fraction of sp³-hybridized carbons (Fsp3) is 0.300. The Morgan fingerprint density at radius 1 is 1.38 bits per heavy atom. The molecule has 16 heavy (non-hydrogen) atoms. The van der Waals surface area contributed by atoms with E-state index in [2.05, 4.69) is 5.32 Å². The molecule has 0 heterocycles. The van der Waals surface area contributed by atoms with Crippen molar-refractivity contribution >= 4 is 22.4 Å². The van der Waals surface area contributed by atoms with Crippen molar-refractivity contribution in [2.45, 2.75) is 0 Å². The van der Waals surface area contributed by atoms with Crippen molar-refractivity contribution in [2.24, 2.45) is 0 Å². The van der Waals surface area contributed by atoms with E-state index in [-0.39, 0.29) is 23.9 Å². The molecule has 1 aromatic rings. The number of benzene rings is 1. The van der Waals surface area contributed by atoms with E-state index in [1.54, 1.807) is 0 Å². The second-order valence-electron chi connectivity index (χ2n) is 3.07. The van der Waals surface area contributed by atoms with Crippen LogP contribution in [0.25, 0.3) is 0 Å². The average Bonchev–Trinajstić information content (AvgIpc) is 2.21. The first-order valence-electron chi connectivity index (χ1n) is 4.63. The number of halogens is 1. The number of carbonyl (C=O) groups is 1. The van der Waals surface area contributed by atoms with Gasteiger partial charge < -0.3 is 10.4 Å². The molecule has 4 nitrogen and oxygen atoms in total. The minimum absolute atomic E-state index is 0.0802. The van der Waals surface area contributed by atoms with Gasteiger partial charge in [-0.3, -0.25) is 9.00 Å². The lowest BCUT2D eigenvalue weighted by Crippen LogP contribution is -2.21. The summed E-state index contributed by atoms with van der Waals surface area (Å²) in [4.78, 5) is 11.3. The first-order valence-corrected chi connectivity index (χ1v) is 6.12. The zero-order chi connectivity index (χ0) is 12.0. The van der Waals surface area contributed by atoms with Gasteiger partial charge in [-0.15, -0.1) is 0 Å². The molecule has 0 aliphatic rings. The molecule has 1 aromatic carbocycles. The number of hydrogen-bond acceptors (Lipinski definition) is 3. The fourth-order valence-electron chi connectivity index (χ4n) is 1.05. The third kappa shape index (κ3) is 4.50. The van der Waals surface area contributed by atoms with Crippen molar-refractivity contribution in [3.63, 3.8) is 0 Å². The van der Waals surface area contributed by atoms with Crippen LogP contribution >= 0.6 is 0 Å². The molecule has 0 radical (unpaired) electrons. The topological polar surface area (TPSA) is 66.4 Å². The molecule has 1 unspecified atom stereocenters. The summed E-state index contributed by atoms with van der Waals surface area (Å²) < 4.78 is 23.7. The second kappa shape index (κ2) is 6.34. The molecule has 0 aliphatic carbocycles. The zero-order valence-electron chi connectivity index (χ0n) is 8.48. The number of hydrogen-bond donors (Lipinski definition) is 2. The smallest absolute Gasteiger partial charge is 0.236 e. The minimum Gasteiger partial charge on any atom is -0.395 e. The van der Waals surface area contributed by atoms with Crippen LogP contribution < -0.4 is 5.32 Å². The van der Waals surface area contributed by atoms with Crippen molar-refractivity contribution in [2.75, 3.05) is 23.4 Å². The van der Waals surface area contributed by atoms with E-state index in [0.717, 1.165) is 0 Å². The fourth-order valence-corrected chi connectivity index (χ4v) is 1.76. The highest BCUT2D eigenvalue weighted by molar-refractivity contribution is 7.85. The van der Waals surface area contributed by atoms with Gasteiger partial charge in [-0.1, -0.05) is 0 Å². The first-order chi connectivity index (χ1) is 7.61. The molecule has 1 atom stereocenters. The molecule has 0 spiro atoms. The van der Waals surface area contributed by atoms with Crippen LogP contribution in [0.5, 0.6) is 0 Å². The van der Waals surface area contributed by atoms with Gasteiger partial charge >= 0.3 is 0 Å². The van der Waals surface area contributed by atoms with Gasteiger partial charge in [-0.25, -0.2) is 4.39 Å². The highest BCUT2D eigenvalue weighted by Gasteiger charge is 2.07. The number of rotatable bonds is 5. The van der Waals surface area contributed by atoms with Crippen molar-refractivity contribution < 1.29 is 18.5 Å². The molecular formula is C10H12FNO3S. The van der Waals surface area contributed by atoms with Crippen LogP contribution in [0.4, 0.5) is 10.1 Å². The number of aliphatic hydroxyl groups excluding tert-OH is 1. The summed E-state index contributed by atoms with van der Waals surface area (Å²) in [6.07, 6.45) is 0. The van der Waals surface area contributed by atoms with E-state index in [1.807, 2.05) is 0 Å². The predicted octanol–water partition coefficient (Wildman–Crippen LogP) is 0.505. The second-order valence-corrected chi connectivity index (χ2v) is 4.64. The van der Waals surface area contributed by atoms with E-state index >= 15 is 0 Å². The highest BCUT2D eigenvalue weighted by atomic mass is 32.2. The van der Waals surface area contributed by atoms with Crippen molar-refractivity contribution in [3.05, 3.63) is 30.1 Å². The molecule has 0 fully saturated rings. The Labute approximate surface area is 94.9 Å². The normalized spacial score (nSPS) is 12.1. The third-order valence-electron chi connectivity index (χ3n) is 1.74. The number of anilines is 1. The maximum Gasteiger partial charge on any atom is 0.236 e. The molecule has 6 heteroatoms. The molecule has 0 bridgehead atoms. The van der Waals surface area contributed by atoms with Crippen molar-refractivity contribution in [1.82, 2.24) is 0 Å². The van der Waals surface area contributed by atoms with Gasteiger partial charge in [0.2, 0.25) is 5.91 Å². The largest absolute Gasteiger partial charge is 0.395 e. The van der Waals surface area contributed by atoms with Crippen LogP contribution in [0.2, 0.25) is 0 Å². The predicted molar refractivity (Wildman–Crippen MR) is 60.0 cm³/mol. The summed E-state index contributed by atoms with van der Waals surface area (Å²) in [5, 5.41) is 11.0. The van der Waals surface area contributed by atoms with E-state index in [1.165, 1.54) is 24.3 Å². The summed E-state index contributed by atoms with van der Waals surface area (Å²) in [5.41, 5.74) is 0.451. The maximum atomic E-state index is 12.5. The molecule has 0 aromatic heterocycles. The lowest BCUT2D eigenvalue weighted by atomic mass is 10.3. The van der Waals surface area contributed by atoms with E-state index in [9.17, 15) is 13.4 Å². The van der Waals surface area contributed by atoms with Gasteiger partial charge in [0, 0.05) is 22.2 Å². The monoisotopic (exact) mass is 245 g/mol. The number of aliphatic hydroxyl groups is 1. The molecule has 1 amide bonds. The standard InChI is InChI=1S/C10H12FNO3S/c11-8-1-3-9(4-2-8)12-10(14)7-16(15)6-5-13/h1-4,13H,5-7H2,(H,12,14). The summed E-state index contributed by atoms with van der Waals surface area (Å²) in [5.74, 6) is -0.894. The molecule has 0 saturated heterocycles. The zero-order valence-corrected chi connectivity index (χ0v) is 9.30. The Balaban J connectivity index is 2.45. The summed E-state index contributed by atoms with van der Waals surface area (Å²) >= 11 is 0. The minimum atomic E-state index is -1.36. The van der Waals surface area contributed by atoms with Gasteiger partial charge in [-0.2, -0.15) is 0 Å². The van der Waals surface area contributed by atoms with Gasteiger partial charge in [0.05, 0.1) is 6.61 Å². The van der Waals surface area contributed by atoms with E-state index < -0.39 is 16.7 Å². The molecular weight excluding hydrogens is 233 g/mol. The van der Waals surface area contributed by atoms with Crippen molar-refractivity contribution in [3.8, 4) is 0 Å². The van der Waals surface area contributed by atoms with Gasteiger partial charge in [0.1, 0.15) is 11.6 Å². The number of nitrogens with one attached hydrogen (secondary N) is 1. The summed E-state index contributed by atoms with van der Waals surface area (Å²) in [6, 6.07) is 5.28. The molecule has 88 valence electrons. The van der Waals surface area contributed by atoms with E-state index in [4.69, 9.17) is 5.11 Å². The Hall–Kier alpha value is -1.27. The highest BCUT2D eigenvalue weighted by Crippen LogP contribution is 2.07. The molecule has 1 rings (SSSR count). The van der Waals surface area contributed by atoms with Gasteiger partial charge in [-0.05, 0) is 24.3 Å². The van der Waals surface area contributed by atoms with Crippen LogP contribution in [-0.4, -0.2) is 33.3 Å². The average molecular weight is 245 g/mol. The van der Waals surface area contributed by atoms with Crippen LogP contribution in [-0.2, 0) is 15.6 Å². The first kappa shape index (κ1) is 12.8. The lowest BCUT2D eigenvalue weighted by Gasteiger charge is -2.04. The molecule has 2 N–H and O–H groups in total. The molecule has 0 saturated carbocycles. The molecule has 0 aliphatic heterocycles. The third-order valence-corrected chi connectivity index (χ3v) is 2.96. The van der Waals surface area contributed by atoms with Crippen LogP contribution in [0.3, 0.4) is 0 Å². The maximum absolute atomic E-state index is 12.5. The quantitative estimate of drug-likeness (QED) is 0.794. The summed E-state index contributed by atoms with van der Waals surface area (Å²) in [6.45, 7) is -0.212. The van der Waals surface area contributed by atoms with Crippen molar-refractivity contribution in [1.29, 1.82) is 0 Å².